The average Bonchev–Trinajstić information content (AvgIpc) is 3.18. The molecule has 2 aromatic heterocycles. The first-order valence-corrected chi connectivity index (χ1v) is 10.6. The predicted molar refractivity (Wildman–Crippen MR) is 106 cm³/mol. The van der Waals surface area contributed by atoms with Gasteiger partial charge in [-0.1, -0.05) is 29.4 Å². The molecule has 1 aliphatic rings. The van der Waals surface area contributed by atoms with E-state index in [0.29, 0.717) is 16.8 Å². The Hall–Kier alpha value is -1.83. The molecule has 8 heteroatoms. The Labute approximate surface area is 164 Å². The van der Waals surface area contributed by atoms with Gasteiger partial charge in [0.1, 0.15) is 5.82 Å². The lowest BCUT2D eigenvalue weighted by atomic mass is 10.3. The number of rotatable bonds is 7. The highest BCUT2D eigenvalue weighted by molar-refractivity contribution is 7.99. The minimum Gasteiger partial charge on any atom is -0.325 e. The molecule has 5 nitrogen and oxygen atoms in total. The van der Waals surface area contributed by atoms with Crippen LogP contribution in [0, 0.1) is 0 Å². The molecule has 1 saturated carbocycles. The third-order valence-corrected chi connectivity index (χ3v) is 6.09. The van der Waals surface area contributed by atoms with Gasteiger partial charge in [-0.3, -0.25) is 4.79 Å². The van der Waals surface area contributed by atoms with Gasteiger partial charge in [0.05, 0.1) is 5.75 Å². The molecule has 4 rings (SSSR count). The molecule has 2 heterocycles. The minimum atomic E-state index is -0.0672. The molecule has 1 aliphatic carbocycles. The maximum atomic E-state index is 12.2. The van der Waals surface area contributed by atoms with E-state index in [4.69, 9.17) is 11.6 Å². The highest BCUT2D eigenvalue weighted by atomic mass is 35.5. The van der Waals surface area contributed by atoms with Gasteiger partial charge < -0.3 is 9.88 Å². The van der Waals surface area contributed by atoms with Crippen LogP contribution in [0.5, 0.6) is 0 Å². The first-order valence-electron chi connectivity index (χ1n) is 8.33. The smallest absolute Gasteiger partial charge is 0.234 e. The number of nitrogens with zero attached hydrogens (tertiary/aromatic N) is 3. The monoisotopic (exact) mass is 404 g/mol. The number of hydrogen-bond donors (Lipinski definition) is 1. The van der Waals surface area contributed by atoms with Crippen molar-refractivity contribution in [2.75, 3.05) is 11.1 Å². The number of amides is 1. The van der Waals surface area contributed by atoms with E-state index in [0.717, 1.165) is 35.9 Å². The lowest BCUT2D eigenvalue weighted by molar-refractivity contribution is -0.113. The van der Waals surface area contributed by atoms with Gasteiger partial charge in [-0.2, -0.15) is 0 Å². The van der Waals surface area contributed by atoms with Crippen LogP contribution in [0.2, 0.25) is 5.02 Å². The lowest BCUT2D eigenvalue weighted by Crippen LogP contribution is -2.14. The molecular weight excluding hydrogens is 388 g/mol. The second kappa shape index (κ2) is 7.82. The molecule has 0 aliphatic heterocycles. The minimum absolute atomic E-state index is 0.0672. The van der Waals surface area contributed by atoms with Crippen molar-refractivity contribution in [2.24, 2.45) is 0 Å². The molecule has 0 bridgehead atoms. The van der Waals surface area contributed by atoms with Gasteiger partial charge in [0.15, 0.2) is 5.16 Å². The van der Waals surface area contributed by atoms with Crippen molar-refractivity contribution in [1.29, 1.82) is 0 Å². The number of nitrogens with one attached hydrogen (secondary N) is 1. The van der Waals surface area contributed by atoms with Crippen LogP contribution in [0.3, 0.4) is 0 Å². The largest absolute Gasteiger partial charge is 0.325 e. The molecule has 0 atom stereocenters. The number of halogens is 1. The molecule has 1 N–H and O–H groups in total. The molecule has 0 radical (unpaired) electrons. The number of aromatic nitrogens is 3. The Kier molecular flexibility index (Phi) is 5.28. The molecule has 0 saturated heterocycles. The van der Waals surface area contributed by atoms with Gasteiger partial charge >= 0.3 is 0 Å². The fourth-order valence-corrected chi connectivity index (χ4v) is 4.31. The third-order valence-electron chi connectivity index (χ3n) is 4.02. The van der Waals surface area contributed by atoms with Crippen LogP contribution >= 0.6 is 34.7 Å². The topological polar surface area (TPSA) is 59.8 Å². The highest BCUT2D eigenvalue weighted by Gasteiger charge is 2.29. The standard InChI is InChI=1S/C18H17ClN4OS2/c19-12-3-5-13(6-4-12)20-17(24)11-26-18-22-21-16(23(18)14-7-8-14)10-15-2-1-9-25-15/h1-6,9,14H,7-8,10-11H2,(H,20,24). The normalized spacial score (nSPS) is 13.7. The van der Waals surface area contributed by atoms with Crippen LogP contribution in [0.25, 0.3) is 0 Å². The molecular formula is C18H17ClN4OS2. The SMILES string of the molecule is O=C(CSc1nnc(Cc2cccs2)n1C1CC1)Nc1ccc(Cl)cc1. The second-order valence-electron chi connectivity index (χ2n) is 6.10. The zero-order valence-corrected chi connectivity index (χ0v) is 16.3. The summed E-state index contributed by atoms with van der Waals surface area (Å²) >= 11 is 9.02. The molecule has 0 spiro atoms. The Balaban J connectivity index is 1.40. The number of hydrogen-bond acceptors (Lipinski definition) is 5. The van der Waals surface area contributed by atoms with E-state index in [-0.39, 0.29) is 5.91 Å². The van der Waals surface area contributed by atoms with Crippen LogP contribution in [0.15, 0.2) is 46.9 Å². The van der Waals surface area contributed by atoms with Crippen molar-refractivity contribution in [2.45, 2.75) is 30.5 Å². The Morgan fingerprint density at radius 2 is 2.08 bits per heavy atom. The highest BCUT2D eigenvalue weighted by Crippen LogP contribution is 2.39. The average molecular weight is 405 g/mol. The molecule has 3 aromatic rings. The maximum Gasteiger partial charge on any atom is 0.234 e. The van der Waals surface area contributed by atoms with Crippen molar-refractivity contribution in [1.82, 2.24) is 14.8 Å². The molecule has 1 fully saturated rings. The molecule has 26 heavy (non-hydrogen) atoms. The van der Waals surface area contributed by atoms with E-state index in [1.807, 2.05) is 0 Å². The summed E-state index contributed by atoms with van der Waals surface area (Å²) in [4.78, 5) is 13.5. The summed E-state index contributed by atoms with van der Waals surface area (Å²) in [5, 5.41) is 15.1. The molecule has 1 amide bonds. The van der Waals surface area contributed by atoms with E-state index >= 15 is 0 Å². The molecule has 0 unspecified atom stereocenters. The van der Waals surface area contributed by atoms with Crippen LogP contribution in [-0.4, -0.2) is 26.4 Å². The number of anilines is 1. The summed E-state index contributed by atoms with van der Waals surface area (Å²) in [6.45, 7) is 0. The van der Waals surface area contributed by atoms with E-state index in [9.17, 15) is 4.79 Å². The van der Waals surface area contributed by atoms with E-state index in [1.54, 1.807) is 35.6 Å². The summed E-state index contributed by atoms with van der Waals surface area (Å²) in [6, 6.07) is 11.7. The van der Waals surface area contributed by atoms with E-state index in [1.165, 1.54) is 16.6 Å². The van der Waals surface area contributed by atoms with Gasteiger partial charge in [-0.15, -0.1) is 21.5 Å². The molecule has 1 aromatic carbocycles. The second-order valence-corrected chi connectivity index (χ2v) is 8.51. The van der Waals surface area contributed by atoms with Crippen molar-refractivity contribution >= 4 is 46.3 Å². The Morgan fingerprint density at radius 1 is 1.27 bits per heavy atom. The number of benzene rings is 1. The van der Waals surface area contributed by atoms with Gasteiger partial charge in [-0.25, -0.2) is 0 Å². The Bertz CT molecular complexity index is 889. The quantitative estimate of drug-likeness (QED) is 0.582. The van der Waals surface area contributed by atoms with Crippen molar-refractivity contribution in [3.63, 3.8) is 0 Å². The number of carbonyl (C=O) groups excluding carboxylic acids is 1. The summed E-state index contributed by atoms with van der Waals surface area (Å²) in [6.07, 6.45) is 3.10. The van der Waals surface area contributed by atoms with Crippen molar-refractivity contribution in [3.8, 4) is 0 Å². The van der Waals surface area contributed by atoms with Gasteiger partial charge in [0.2, 0.25) is 5.91 Å². The lowest BCUT2D eigenvalue weighted by Gasteiger charge is -2.08. The van der Waals surface area contributed by atoms with Crippen LogP contribution < -0.4 is 5.32 Å². The predicted octanol–water partition coefficient (Wildman–Crippen LogP) is 4.65. The van der Waals surface area contributed by atoms with Crippen LogP contribution in [0.4, 0.5) is 5.69 Å². The van der Waals surface area contributed by atoms with Crippen molar-refractivity contribution in [3.05, 3.63) is 57.5 Å². The zero-order valence-electron chi connectivity index (χ0n) is 13.9. The summed E-state index contributed by atoms with van der Waals surface area (Å²) in [7, 11) is 0. The first-order chi connectivity index (χ1) is 12.7. The summed E-state index contributed by atoms with van der Waals surface area (Å²) in [5.74, 6) is 1.21. The zero-order chi connectivity index (χ0) is 17.9. The fourth-order valence-electron chi connectivity index (χ4n) is 2.66. The van der Waals surface area contributed by atoms with Crippen molar-refractivity contribution < 1.29 is 4.79 Å². The van der Waals surface area contributed by atoms with E-state index < -0.39 is 0 Å². The maximum absolute atomic E-state index is 12.2. The fraction of sp³-hybridized carbons (Fsp3) is 0.278. The van der Waals surface area contributed by atoms with Crippen LogP contribution in [0.1, 0.15) is 29.6 Å². The Morgan fingerprint density at radius 3 is 2.77 bits per heavy atom. The summed E-state index contributed by atoms with van der Waals surface area (Å²) in [5.41, 5.74) is 0.738. The van der Waals surface area contributed by atoms with Gasteiger partial charge in [0, 0.05) is 28.0 Å². The molecule has 134 valence electrons. The van der Waals surface area contributed by atoms with E-state index in [2.05, 4.69) is 37.6 Å². The summed E-state index contributed by atoms with van der Waals surface area (Å²) < 4.78 is 2.21. The number of thioether (sulfide) groups is 1. The third kappa shape index (κ3) is 4.28. The van der Waals surface area contributed by atoms with Gasteiger partial charge in [0.25, 0.3) is 0 Å². The number of carbonyl (C=O) groups is 1. The van der Waals surface area contributed by atoms with Crippen LogP contribution in [-0.2, 0) is 11.2 Å². The first kappa shape index (κ1) is 17.6. The number of thiophene rings is 1. The van der Waals surface area contributed by atoms with Gasteiger partial charge in [-0.05, 0) is 48.6 Å².